The van der Waals surface area contributed by atoms with E-state index >= 15 is 0 Å². The standard InChI is InChI=1S/C26H23NO2/c1-3-27-24-7-5-4-6-21(24)23-15-17(8-13-25(23)27)14-19-10-9-18-11-12-20(29-2)16-22(18)26(19)28/h4-8,11-16H,3,9-10H2,1-2H3/b19-14-. The number of carbonyl (C=O) groups is 1. The van der Waals surface area contributed by atoms with E-state index in [9.17, 15) is 4.79 Å². The number of ether oxygens (including phenoxy) is 1. The van der Waals surface area contributed by atoms with E-state index in [1.165, 1.54) is 21.8 Å². The highest BCUT2D eigenvalue weighted by Crippen LogP contribution is 2.32. The molecule has 3 nitrogen and oxygen atoms in total. The lowest BCUT2D eigenvalue weighted by Crippen LogP contribution is -2.14. The molecule has 1 aromatic heterocycles. The lowest BCUT2D eigenvalue weighted by molar-refractivity contribution is 0.102. The highest BCUT2D eigenvalue weighted by atomic mass is 16.5. The van der Waals surface area contributed by atoms with Crippen LogP contribution >= 0.6 is 0 Å². The van der Waals surface area contributed by atoms with Gasteiger partial charge >= 0.3 is 0 Å². The first-order chi connectivity index (χ1) is 14.2. The van der Waals surface area contributed by atoms with Crippen molar-refractivity contribution >= 4 is 33.7 Å². The molecule has 0 fully saturated rings. The topological polar surface area (TPSA) is 31.2 Å². The summed E-state index contributed by atoms with van der Waals surface area (Å²) in [6, 6.07) is 20.8. The van der Waals surface area contributed by atoms with Gasteiger partial charge in [0.05, 0.1) is 7.11 Å². The maximum Gasteiger partial charge on any atom is 0.189 e. The molecule has 0 atom stereocenters. The third-order valence-corrected chi connectivity index (χ3v) is 5.97. The van der Waals surface area contributed by atoms with Crippen molar-refractivity contribution in [3.63, 3.8) is 0 Å². The van der Waals surface area contributed by atoms with Crippen LogP contribution in [-0.2, 0) is 13.0 Å². The number of methoxy groups -OCH3 is 1. The van der Waals surface area contributed by atoms with Gasteiger partial charge in [0.15, 0.2) is 5.78 Å². The van der Waals surface area contributed by atoms with Crippen molar-refractivity contribution in [1.82, 2.24) is 4.57 Å². The number of carbonyl (C=O) groups excluding carboxylic acids is 1. The van der Waals surface area contributed by atoms with Gasteiger partial charge in [-0.25, -0.2) is 0 Å². The van der Waals surface area contributed by atoms with E-state index in [0.717, 1.165) is 47.4 Å². The van der Waals surface area contributed by atoms with Crippen molar-refractivity contribution in [2.45, 2.75) is 26.3 Å². The maximum atomic E-state index is 13.1. The molecule has 1 aliphatic carbocycles. The second-order valence-electron chi connectivity index (χ2n) is 7.56. The molecule has 29 heavy (non-hydrogen) atoms. The Balaban J connectivity index is 1.60. The Morgan fingerprint density at radius 3 is 2.62 bits per heavy atom. The molecule has 144 valence electrons. The average Bonchev–Trinajstić information content (AvgIpc) is 3.08. The number of fused-ring (bicyclic) bond motifs is 4. The summed E-state index contributed by atoms with van der Waals surface area (Å²) in [5, 5.41) is 2.50. The van der Waals surface area contributed by atoms with Crippen molar-refractivity contribution in [3.8, 4) is 5.75 Å². The minimum absolute atomic E-state index is 0.112. The van der Waals surface area contributed by atoms with E-state index in [1.54, 1.807) is 7.11 Å². The largest absolute Gasteiger partial charge is 0.497 e. The van der Waals surface area contributed by atoms with Gasteiger partial charge in [-0.2, -0.15) is 0 Å². The van der Waals surface area contributed by atoms with Crippen LogP contribution in [0.4, 0.5) is 0 Å². The molecule has 3 aromatic carbocycles. The SMILES string of the molecule is CCn1c2ccccc2c2cc(/C=C3/CCc4ccc(OC)cc4C3=O)ccc21. The molecule has 1 aliphatic rings. The number of para-hydroxylation sites is 1. The molecule has 1 heterocycles. The fourth-order valence-electron chi connectivity index (χ4n) is 4.51. The normalized spacial score (nSPS) is 15.2. The molecule has 0 aliphatic heterocycles. The van der Waals surface area contributed by atoms with E-state index in [2.05, 4.69) is 60.0 Å². The summed E-state index contributed by atoms with van der Waals surface area (Å²) in [5.74, 6) is 0.841. The molecular formula is C26H23NO2. The number of allylic oxidation sites excluding steroid dienone is 1. The molecule has 0 spiro atoms. The van der Waals surface area contributed by atoms with Gasteiger partial charge in [-0.05, 0) is 67.3 Å². The predicted molar refractivity (Wildman–Crippen MR) is 119 cm³/mol. The minimum Gasteiger partial charge on any atom is -0.497 e. The number of rotatable bonds is 3. The molecule has 0 N–H and O–H groups in total. The second kappa shape index (κ2) is 6.93. The number of hydrogen-bond acceptors (Lipinski definition) is 2. The fourth-order valence-corrected chi connectivity index (χ4v) is 4.51. The third kappa shape index (κ3) is 2.85. The van der Waals surface area contributed by atoms with Crippen LogP contribution in [0.25, 0.3) is 27.9 Å². The smallest absolute Gasteiger partial charge is 0.189 e. The lowest BCUT2D eigenvalue weighted by Gasteiger charge is -2.18. The highest BCUT2D eigenvalue weighted by molar-refractivity contribution is 6.14. The van der Waals surface area contributed by atoms with Gasteiger partial charge in [0.2, 0.25) is 0 Å². The molecule has 0 saturated heterocycles. The molecule has 0 saturated carbocycles. The van der Waals surface area contributed by atoms with E-state index in [1.807, 2.05) is 18.2 Å². The molecule has 0 bridgehead atoms. The first kappa shape index (κ1) is 17.7. The van der Waals surface area contributed by atoms with Gasteiger partial charge in [0.1, 0.15) is 5.75 Å². The Bertz CT molecular complexity index is 1290. The van der Waals surface area contributed by atoms with Crippen molar-refractivity contribution in [2.24, 2.45) is 0 Å². The zero-order chi connectivity index (χ0) is 20.0. The summed E-state index contributed by atoms with van der Waals surface area (Å²) in [5.41, 5.74) is 6.31. The summed E-state index contributed by atoms with van der Waals surface area (Å²) in [7, 11) is 1.63. The Labute approximate surface area is 170 Å². The third-order valence-electron chi connectivity index (χ3n) is 5.97. The quantitative estimate of drug-likeness (QED) is 0.405. The summed E-state index contributed by atoms with van der Waals surface area (Å²) in [4.78, 5) is 13.1. The fraction of sp³-hybridized carbons (Fsp3) is 0.192. The van der Waals surface area contributed by atoms with E-state index in [0.29, 0.717) is 0 Å². The molecule has 4 aromatic rings. The van der Waals surface area contributed by atoms with Crippen LogP contribution in [0.3, 0.4) is 0 Å². The van der Waals surface area contributed by atoms with Crippen molar-refractivity contribution in [1.29, 1.82) is 0 Å². The van der Waals surface area contributed by atoms with Crippen LogP contribution in [-0.4, -0.2) is 17.5 Å². The Morgan fingerprint density at radius 1 is 0.966 bits per heavy atom. The van der Waals surface area contributed by atoms with Crippen LogP contribution in [0, 0.1) is 0 Å². The molecule has 0 amide bonds. The predicted octanol–water partition coefficient (Wildman–Crippen LogP) is 6.04. The van der Waals surface area contributed by atoms with Crippen molar-refractivity contribution < 1.29 is 9.53 Å². The summed E-state index contributed by atoms with van der Waals surface area (Å²) in [6.07, 6.45) is 3.71. The van der Waals surface area contributed by atoms with E-state index < -0.39 is 0 Å². The maximum absolute atomic E-state index is 13.1. The first-order valence-electron chi connectivity index (χ1n) is 10.1. The van der Waals surface area contributed by atoms with Gasteiger partial charge < -0.3 is 9.30 Å². The van der Waals surface area contributed by atoms with Gasteiger partial charge in [-0.3, -0.25) is 4.79 Å². The molecular weight excluding hydrogens is 358 g/mol. The molecule has 5 rings (SSSR count). The van der Waals surface area contributed by atoms with Gasteiger partial charge in [-0.1, -0.05) is 30.3 Å². The van der Waals surface area contributed by atoms with Crippen molar-refractivity contribution in [3.05, 3.63) is 82.9 Å². The summed E-state index contributed by atoms with van der Waals surface area (Å²) < 4.78 is 7.65. The number of benzene rings is 3. The van der Waals surface area contributed by atoms with E-state index in [4.69, 9.17) is 4.74 Å². The Kier molecular flexibility index (Phi) is 4.24. The van der Waals surface area contributed by atoms with Gasteiger partial charge in [-0.15, -0.1) is 0 Å². The monoisotopic (exact) mass is 381 g/mol. The summed E-state index contributed by atoms with van der Waals surface area (Å²) in [6.45, 7) is 3.11. The average molecular weight is 381 g/mol. The zero-order valence-corrected chi connectivity index (χ0v) is 16.7. The van der Waals surface area contributed by atoms with Gasteiger partial charge in [0, 0.05) is 39.5 Å². The molecule has 0 unspecified atom stereocenters. The second-order valence-corrected chi connectivity index (χ2v) is 7.56. The number of hydrogen-bond donors (Lipinski definition) is 0. The lowest BCUT2D eigenvalue weighted by atomic mass is 9.86. The van der Waals surface area contributed by atoms with Crippen LogP contribution < -0.4 is 4.74 Å². The van der Waals surface area contributed by atoms with Crippen LogP contribution in [0.2, 0.25) is 0 Å². The number of Topliss-reactive ketones (excluding diaryl/α,β-unsaturated/α-hetero) is 1. The summed E-state index contributed by atoms with van der Waals surface area (Å²) >= 11 is 0. The molecule has 3 heteroatoms. The van der Waals surface area contributed by atoms with Crippen LogP contribution in [0.1, 0.15) is 34.8 Å². The van der Waals surface area contributed by atoms with E-state index in [-0.39, 0.29) is 5.78 Å². The number of aryl methyl sites for hydroxylation is 2. The van der Waals surface area contributed by atoms with Crippen molar-refractivity contribution in [2.75, 3.05) is 7.11 Å². The zero-order valence-electron chi connectivity index (χ0n) is 16.7. The van der Waals surface area contributed by atoms with Gasteiger partial charge in [0.25, 0.3) is 0 Å². The molecule has 0 radical (unpaired) electrons. The number of nitrogens with zero attached hydrogens (tertiary/aromatic N) is 1. The Hall–Kier alpha value is -3.33. The minimum atomic E-state index is 0.112. The first-order valence-corrected chi connectivity index (χ1v) is 10.1. The number of aromatic nitrogens is 1. The highest BCUT2D eigenvalue weighted by Gasteiger charge is 2.22. The van der Waals surface area contributed by atoms with Crippen LogP contribution in [0.5, 0.6) is 5.75 Å². The van der Waals surface area contributed by atoms with Crippen LogP contribution in [0.15, 0.2) is 66.2 Å². The number of ketones is 1. The Morgan fingerprint density at radius 2 is 1.79 bits per heavy atom.